The van der Waals surface area contributed by atoms with Crippen LogP contribution in [0.5, 0.6) is 5.75 Å². The quantitative estimate of drug-likeness (QED) is 0.799. The van der Waals surface area contributed by atoms with Gasteiger partial charge in [0.05, 0.1) is 13.2 Å². The summed E-state index contributed by atoms with van der Waals surface area (Å²) in [6, 6.07) is 13.3. The molecular weight excluding hydrogens is 326 g/mol. The van der Waals surface area contributed by atoms with E-state index in [0.717, 1.165) is 29.7 Å². The molecule has 3 rings (SSSR count). The molecule has 0 heterocycles. The Morgan fingerprint density at radius 3 is 2.65 bits per heavy atom. The molecular formula is C22H23NO3. The highest BCUT2D eigenvalue weighted by atomic mass is 16.5. The van der Waals surface area contributed by atoms with Crippen molar-refractivity contribution >= 4 is 17.8 Å². The summed E-state index contributed by atoms with van der Waals surface area (Å²) in [5, 5.41) is 3.12. The van der Waals surface area contributed by atoms with E-state index in [2.05, 4.69) is 17.4 Å². The van der Waals surface area contributed by atoms with Crippen LogP contribution in [-0.2, 0) is 11.2 Å². The first-order valence-electron chi connectivity index (χ1n) is 8.89. The van der Waals surface area contributed by atoms with Crippen molar-refractivity contribution in [1.82, 2.24) is 5.32 Å². The van der Waals surface area contributed by atoms with E-state index >= 15 is 0 Å². The van der Waals surface area contributed by atoms with Gasteiger partial charge in [0.1, 0.15) is 5.75 Å². The predicted molar refractivity (Wildman–Crippen MR) is 102 cm³/mol. The molecule has 4 nitrogen and oxygen atoms in total. The standard InChI is InChI=1S/C22H23NO3/c1-3-18(24)9-4-15-5-12-20-17(14-15)8-13-21(20)23-22(25)16-6-10-19(26-2)11-7-16/h4-7,9-12,14,21H,3,8,13H2,1-2H3,(H,23,25)/b9-4+. The number of ether oxygens (including phenoxy) is 1. The lowest BCUT2D eigenvalue weighted by Crippen LogP contribution is -2.27. The minimum Gasteiger partial charge on any atom is -0.497 e. The number of ketones is 1. The van der Waals surface area contributed by atoms with Crippen molar-refractivity contribution in [1.29, 1.82) is 0 Å². The van der Waals surface area contributed by atoms with Crippen molar-refractivity contribution in [3.05, 3.63) is 70.8 Å². The van der Waals surface area contributed by atoms with Gasteiger partial charge < -0.3 is 10.1 Å². The minimum absolute atomic E-state index is 0.0231. The average molecular weight is 349 g/mol. The van der Waals surface area contributed by atoms with Crippen molar-refractivity contribution in [2.24, 2.45) is 0 Å². The second kappa shape index (κ2) is 8.00. The van der Waals surface area contributed by atoms with Gasteiger partial charge in [0, 0.05) is 12.0 Å². The molecule has 1 unspecified atom stereocenters. The third-order valence-electron chi connectivity index (χ3n) is 4.71. The zero-order chi connectivity index (χ0) is 18.5. The maximum absolute atomic E-state index is 12.5. The maximum atomic E-state index is 12.5. The number of nitrogens with one attached hydrogen (secondary N) is 1. The number of aryl methyl sites for hydroxylation is 1. The summed E-state index contributed by atoms with van der Waals surface area (Å²) >= 11 is 0. The van der Waals surface area contributed by atoms with Crippen LogP contribution in [0.3, 0.4) is 0 Å². The Balaban J connectivity index is 1.70. The van der Waals surface area contributed by atoms with Gasteiger partial charge in [-0.3, -0.25) is 9.59 Å². The molecule has 4 heteroatoms. The smallest absolute Gasteiger partial charge is 0.251 e. The Kier molecular flexibility index (Phi) is 5.52. The van der Waals surface area contributed by atoms with Crippen LogP contribution in [0.4, 0.5) is 0 Å². The molecule has 1 N–H and O–H groups in total. The molecule has 0 aromatic heterocycles. The molecule has 0 saturated heterocycles. The first-order valence-corrected chi connectivity index (χ1v) is 8.89. The van der Waals surface area contributed by atoms with E-state index in [1.807, 2.05) is 19.1 Å². The zero-order valence-electron chi connectivity index (χ0n) is 15.1. The Morgan fingerprint density at radius 1 is 1.19 bits per heavy atom. The monoisotopic (exact) mass is 349 g/mol. The zero-order valence-corrected chi connectivity index (χ0v) is 15.1. The molecule has 1 aliphatic carbocycles. The average Bonchev–Trinajstić information content (AvgIpc) is 3.08. The van der Waals surface area contributed by atoms with Gasteiger partial charge in [-0.1, -0.05) is 31.2 Å². The van der Waals surface area contributed by atoms with E-state index in [4.69, 9.17) is 4.74 Å². The van der Waals surface area contributed by atoms with Crippen molar-refractivity contribution < 1.29 is 14.3 Å². The molecule has 1 aliphatic rings. The summed E-state index contributed by atoms with van der Waals surface area (Å²) in [5.41, 5.74) is 4.03. The van der Waals surface area contributed by atoms with Crippen molar-refractivity contribution in [2.75, 3.05) is 7.11 Å². The number of carbonyl (C=O) groups excluding carboxylic acids is 2. The van der Waals surface area contributed by atoms with Crippen LogP contribution in [0.2, 0.25) is 0 Å². The lowest BCUT2D eigenvalue weighted by Gasteiger charge is -2.14. The van der Waals surface area contributed by atoms with Gasteiger partial charge in [0.2, 0.25) is 0 Å². The van der Waals surface area contributed by atoms with E-state index in [-0.39, 0.29) is 17.7 Å². The summed E-state index contributed by atoms with van der Waals surface area (Å²) in [4.78, 5) is 23.9. The van der Waals surface area contributed by atoms with Crippen LogP contribution < -0.4 is 10.1 Å². The van der Waals surface area contributed by atoms with Crippen LogP contribution in [-0.4, -0.2) is 18.8 Å². The Bertz CT molecular complexity index is 837. The molecule has 134 valence electrons. The molecule has 0 saturated carbocycles. The highest BCUT2D eigenvalue weighted by Gasteiger charge is 2.24. The third kappa shape index (κ3) is 4.02. The number of allylic oxidation sites excluding steroid dienone is 1. The van der Waals surface area contributed by atoms with E-state index in [1.54, 1.807) is 37.5 Å². The summed E-state index contributed by atoms with van der Waals surface area (Å²) in [7, 11) is 1.60. The fourth-order valence-electron chi connectivity index (χ4n) is 3.18. The van der Waals surface area contributed by atoms with E-state index < -0.39 is 0 Å². The number of rotatable bonds is 6. The summed E-state index contributed by atoms with van der Waals surface area (Å²) < 4.78 is 5.12. The Labute approximate surface area is 153 Å². The van der Waals surface area contributed by atoms with Crippen molar-refractivity contribution in [2.45, 2.75) is 32.2 Å². The number of amides is 1. The number of hydrogen-bond donors (Lipinski definition) is 1. The molecule has 0 radical (unpaired) electrons. The predicted octanol–water partition coefficient (Wildman–Crippen LogP) is 4.10. The molecule has 2 aromatic carbocycles. The fraction of sp³-hybridized carbons (Fsp3) is 0.273. The molecule has 0 fully saturated rings. The van der Waals surface area contributed by atoms with E-state index in [1.165, 1.54) is 5.56 Å². The third-order valence-corrected chi connectivity index (χ3v) is 4.71. The lowest BCUT2D eigenvalue weighted by molar-refractivity contribution is -0.114. The second-order valence-electron chi connectivity index (χ2n) is 6.40. The molecule has 0 aliphatic heterocycles. The van der Waals surface area contributed by atoms with Crippen LogP contribution in [0, 0.1) is 0 Å². The number of hydrogen-bond acceptors (Lipinski definition) is 3. The number of carbonyl (C=O) groups is 2. The van der Waals surface area contributed by atoms with Crippen LogP contribution in [0.1, 0.15) is 52.9 Å². The SMILES string of the molecule is CCC(=O)/C=C/c1ccc2c(c1)CCC2NC(=O)c1ccc(OC)cc1. The maximum Gasteiger partial charge on any atom is 0.251 e. The fourth-order valence-corrected chi connectivity index (χ4v) is 3.18. The van der Waals surface area contributed by atoms with Gasteiger partial charge in [-0.05, 0) is 59.9 Å². The first-order chi connectivity index (χ1) is 12.6. The lowest BCUT2D eigenvalue weighted by atomic mass is 10.0. The van der Waals surface area contributed by atoms with Crippen LogP contribution in [0.25, 0.3) is 6.08 Å². The number of methoxy groups -OCH3 is 1. The number of fused-ring (bicyclic) bond motifs is 1. The molecule has 1 amide bonds. The van der Waals surface area contributed by atoms with Gasteiger partial charge in [-0.15, -0.1) is 0 Å². The molecule has 2 aromatic rings. The molecule has 0 spiro atoms. The molecule has 1 atom stereocenters. The highest BCUT2D eigenvalue weighted by molar-refractivity contribution is 5.95. The van der Waals surface area contributed by atoms with Crippen LogP contribution >= 0.6 is 0 Å². The van der Waals surface area contributed by atoms with E-state index in [0.29, 0.717) is 12.0 Å². The first kappa shape index (κ1) is 17.9. The largest absolute Gasteiger partial charge is 0.497 e. The normalized spacial score (nSPS) is 15.7. The minimum atomic E-state index is -0.0805. The second-order valence-corrected chi connectivity index (χ2v) is 6.40. The van der Waals surface area contributed by atoms with Crippen molar-refractivity contribution in [3.8, 4) is 5.75 Å². The topological polar surface area (TPSA) is 55.4 Å². The van der Waals surface area contributed by atoms with E-state index in [9.17, 15) is 9.59 Å². The van der Waals surface area contributed by atoms with Gasteiger partial charge in [0.25, 0.3) is 5.91 Å². The highest BCUT2D eigenvalue weighted by Crippen LogP contribution is 2.32. The summed E-state index contributed by atoms with van der Waals surface area (Å²) in [6.07, 6.45) is 5.81. The van der Waals surface area contributed by atoms with Crippen molar-refractivity contribution in [3.63, 3.8) is 0 Å². The van der Waals surface area contributed by atoms with Crippen LogP contribution in [0.15, 0.2) is 48.5 Å². The molecule has 0 bridgehead atoms. The van der Waals surface area contributed by atoms with Gasteiger partial charge in [-0.25, -0.2) is 0 Å². The van der Waals surface area contributed by atoms with Gasteiger partial charge >= 0.3 is 0 Å². The van der Waals surface area contributed by atoms with Gasteiger partial charge in [-0.2, -0.15) is 0 Å². The number of benzene rings is 2. The Hall–Kier alpha value is -2.88. The summed E-state index contributed by atoms with van der Waals surface area (Å²) in [6.45, 7) is 1.85. The van der Waals surface area contributed by atoms with Gasteiger partial charge in [0.15, 0.2) is 5.78 Å². The summed E-state index contributed by atoms with van der Waals surface area (Å²) in [5.74, 6) is 0.771. The molecule has 26 heavy (non-hydrogen) atoms. The Morgan fingerprint density at radius 2 is 1.96 bits per heavy atom.